The summed E-state index contributed by atoms with van der Waals surface area (Å²) in [6.07, 6.45) is 3.61. The van der Waals surface area contributed by atoms with Gasteiger partial charge in [0.25, 0.3) is 0 Å². The van der Waals surface area contributed by atoms with Crippen LogP contribution in [0.25, 0.3) is 0 Å². The Bertz CT molecular complexity index is 326. The quantitative estimate of drug-likeness (QED) is 0.478. The van der Waals surface area contributed by atoms with E-state index in [0.29, 0.717) is 6.73 Å². The third kappa shape index (κ3) is 4.73. The fourth-order valence-electron chi connectivity index (χ4n) is 1.27. The number of ether oxygens (including phenoxy) is 1. The lowest BCUT2D eigenvalue weighted by atomic mass is 10.4. The molecule has 0 aromatic rings. The molecule has 1 N–H and O–H groups in total. The van der Waals surface area contributed by atoms with Gasteiger partial charge < -0.3 is 9.84 Å². The topological polar surface area (TPSA) is 35.9 Å². The molecule has 0 spiro atoms. The molecule has 0 unspecified atom stereocenters. The fourth-order valence-corrected chi connectivity index (χ4v) is 2.29. The maximum Gasteiger partial charge on any atom is 0.213 e. The van der Waals surface area contributed by atoms with Gasteiger partial charge in [-0.25, -0.2) is 0 Å². The van der Waals surface area contributed by atoms with Gasteiger partial charge in [0, 0.05) is 27.1 Å². The Balaban J connectivity index is 2.36. The molecule has 4 nitrogen and oxygen atoms in total. The van der Waals surface area contributed by atoms with Crippen LogP contribution in [0, 0.1) is 0 Å². The summed E-state index contributed by atoms with van der Waals surface area (Å²) in [6.45, 7) is 9.95. The Morgan fingerprint density at radius 3 is 2.59 bits per heavy atom. The van der Waals surface area contributed by atoms with E-state index in [0.717, 1.165) is 18.3 Å². The fraction of sp³-hybridized carbons (Fsp3) is 0.636. The maximum atomic E-state index is 9.88. The normalized spacial score (nSPS) is 17.0. The van der Waals surface area contributed by atoms with Gasteiger partial charge in [0.15, 0.2) is 0 Å². The van der Waals surface area contributed by atoms with Gasteiger partial charge in [0.2, 0.25) is 5.88 Å². The van der Waals surface area contributed by atoms with E-state index in [1.165, 1.54) is 0 Å². The second-order valence-electron chi connectivity index (χ2n) is 5.34. The minimum absolute atomic E-state index is 0.220. The van der Waals surface area contributed by atoms with E-state index in [9.17, 15) is 5.11 Å². The Labute approximate surface area is 113 Å². The van der Waals surface area contributed by atoms with E-state index in [2.05, 4.69) is 35.8 Å². The number of halogens is 1. The van der Waals surface area contributed by atoms with Gasteiger partial charge >= 0.3 is 0 Å². The summed E-state index contributed by atoms with van der Waals surface area (Å²) < 4.78 is 7.28. The first-order chi connectivity index (χ1) is 7.81. The number of hydrogen-bond donors (Lipinski definition) is 1. The van der Waals surface area contributed by atoms with Crippen molar-refractivity contribution >= 4 is 24.2 Å². The van der Waals surface area contributed by atoms with Crippen molar-refractivity contribution in [3.05, 3.63) is 24.0 Å². The average molecular weight is 321 g/mol. The van der Waals surface area contributed by atoms with Crippen LogP contribution in [0.2, 0.25) is 25.7 Å². The molecule has 6 heteroatoms. The second kappa shape index (κ2) is 5.93. The van der Waals surface area contributed by atoms with Gasteiger partial charge in [-0.15, -0.1) is 0 Å². The van der Waals surface area contributed by atoms with Crippen molar-refractivity contribution in [2.75, 3.05) is 13.3 Å². The molecule has 0 saturated heterocycles. The molecular formula is C11H21BrN2O2Si. The molecule has 17 heavy (non-hydrogen) atoms. The van der Waals surface area contributed by atoms with Crippen LogP contribution in [0.15, 0.2) is 24.0 Å². The van der Waals surface area contributed by atoms with Crippen molar-refractivity contribution in [1.82, 2.24) is 8.83 Å². The van der Waals surface area contributed by atoms with Crippen molar-refractivity contribution in [1.29, 1.82) is 0 Å². The predicted molar refractivity (Wildman–Crippen MR) is 76.0 cm³/mol. The monoisotopic (exact) mass is 320 g/mol. The van der Waals surface area contributed by atoms with Crippen LogP contribution in [0.5, 0.6) is 0 Å². The van der Waals surface area contributed by atoms with Crippen molar-refractivity contribution < 1.29 is 9.84 Å². The molecule has 0 amide bonds. The Morgan fingerprint density at radius 2 is 2.00 bits per heavy atom. The summed E-state index contributed by atoms with van der Waals surface area (Å²) in [6, 6.07) is 1.14. The van der Waals surface area contributed by atoms with Crippen LogP contribution in [0.4, 0.5) is 0 Å². The standard InChI is InChI=1S/C11H21BrN2O2Si/c1-10-11(15)13(5-6-14(10)12)9-16-7-8-17(2,3)4/h5-6,15H,7-9H2,1-4H3. The van der Waals surface area contributed by atoms with Crippen molar-refractivity contribution in [2.24, 2.45) is 0 Å². The largest absolute Gasteiger partial charge is 0.493 e. The molecule has 0 fully saturated rings. The Hall–Kier alpha value is -0.463. The first-order valence-corrected chi connectivity index (χ1v) is 10.1. The lowest BCUT2D eigenvalue weighted by molar-refractivity contribution is 0.0493. The molecule has 0 aromatic carbocycles. The molecule has 1 aliphatic heterocycles. The molecule has 0 atom stereocenters. The number of rotatable bonds is 5. The molecule has 1 aliphatic rings. The SMILES string of the molecule is CC1=C(O)N(COCC[Si](C)(C)C)C=CN1Br. The molecule has 0 aliphatic carbocycles. The van der Waals surface area contributed by atoms with Crippen LogP contribution >= 0.6 is 16.1 Å². The van der Waals surface area contributed by atoms with E-state index >= 15 is 0 Å². The van der Waals surface area contributed by atoms with Gasteiger partial charge in [0.05, 0.1) is 21.8 Å². The third-order valence-corrected chi connectivity index (χ3v) is 4.99. The van der Waals surface area contributed by atoms with Crippen molar-refractivity contribution in [2.45, 2.75) is 32.6 Å². The van der Waals surface area contributed by atoms with Crippen LogP contribution in [-0.2, 0) is 4.74 Å². The maximum absolute atomic E-state index is 9.88. The Kier molecular flexibility index (Phi) is 5.09. The zero-order chi connectivity index (χ0) is 13.1. The lowest BCUT2D eigenvalue weighted by Gasteiger charge is -2.27. The number of nitrogens with zero attached hydrogens (tertiary/aromatic N) is 2. The summed E-state index contributed by atoms with van der Waals surface area (Å²) in [5.41, 5.74) is 0.751. The zero-order valence-electron chi connectivity index (χ0n) is 10.9. The first-order valence-electron chi connectivity index (χ1n) is 5.69. The van der Waals surface area contributed by atoms with Crippen molar-refractivity contribution in [3.63, 3.8) is 0 Å². The first kappa shape index (κ1) is 14.6. The summed E-state index contributed by atoms with van der Waals surface area (Å²) in [5, 5.41) is 9.88. The molecule has 0 bridgehead atoms. The van der Waals surface area contributed by atoms with Gasteiger partial charge in [-0.05, 0) is 13.0 Å². The Morgan fingerprint density at radius 1 is 1.35 bits per heavy atom. The molecule has 0 radical (unpaired) electrons. The number of allylic oxidation sites excluding steroid dienone is 1. The molecule has 98 valence electrons. The smallest absolute Gasteiger partial charge is 0.213 e. The predicted octanol–water partition coefficient (Wildman–Crippen LogP) is 3.44. The van der Waals surface area contributed by atoms with Crippen LogP contribution < -0.4 is 0 Å². The minimum atomic E-state index is -1.04. The van der Waals surface area contributed by atoms with E-state index in [-0.39, 0.29) is 5.88 Å². The number of hydrogen-bond acceptors (Lipinski definition) is 4. The molecular weight excluding hydrogens is 300 g/mol. The number of aliphatic hydroxyl groups is 1. The molecule has 1 heterocycles. The highest BCUT2D eigenvalue weighted by atomic mass is 79.9. The van der Waals surface area contributed by atoms with E-state index in [4.69, 9.17) is 4.74 Å². The highest BCUT2D eigenvalue weighted by Gasteiger charge is 2.17. The number of aliphatic hydroxyl groups excluding tert-OH is 1. The van der Waals surface area contributed by atoms with Crippen LogP contribution in [-0.4, -0.2) is 35.3 Å². The minimum Gasteiger partial charge on any atom is -0.493 e. The van der Waals surface area contributed by atoms with Gasteiger partial charge in [-0.1, -0.05) is 19.6 Å². The highest BCUT2D eigenvalue weighted by Crippen LogP contribution is 2.21. The van der Waals surface area contributed by atoms with Gasteiger partial charge in [-0.3, -0.25) is 8.83 Å². The van der Waals surface area contributed by atoms with E-state index in [1.807, 2.05) is 13.1 Å². The highest BCUT2D eigenvalue weighted by molar-refractivity contribution is 9.07. The third-order valence-electron chi connectivity index (χ3n) is 2.52. The second-order valence-corrected chi connectivity index (χ2v) is 11.7. The summed E-state index contributed by atoms with van der Waals surface area (Å²) in [4.78, 5) is 1.69. The van der Waals surface area contributed by atoms with E-state index < -0.39 is 8.07 Å². The van der Waals surface area contributed by atoms with Crippen LogP contribution in [0.1, 0.15) is 6.92 Å². The van der Waals surface area contributed by atoms with Gasteiger partial charge in [0.1, 0.15) is 6.73 Å². The molecule has 1 rings (SSSR count). The van der Waals surface area contributed by atoms with Crippen molar-refractivity contribution in [3.8, 4) is 0 Å². The summed E-state index contributed by atoms with van der Waals surface area (Å²) in [7, 11) is -1.04. The van der Waals surface area contributed by atoms with Crippen LogP contribution in [0.3, 0.4) is 0 Å². The molecule has 0 saturated carbocycles. The lowest BCUT2D eigenvalue weighted by Crippen LogP contribution is -2.28. The van der Waals surface area contributed by atoms with Gasteiger partial charge in [-0.2, -0.15) is 0 Å². The average Bonchev–Trinajstić information content (AvgIpc) is 2.22. The summed E-state index contributed by atoms with van der Waals surface area (Å²) in [5.74, 6) is 0.220. The zero-order valence-corrected chi connectivity index (χ0v) is 13.5. The summed E-state index contributed by atoms with van der Waals surface area (Å²) >= 11 is 3.30. The van der Waals surface area contributed by atoms with E-state index in [1.54, 1.807) is 15.0 Å². The molecule has 0 aromatic heterocycles.